The van der Waals surface area contributed by atoms with Crippen LogP contribution in [-0.4, -0.2) is 30.1 Å². The quantitative estimate of drug-likeness (QED) is 0.697. The predicted octanol–water partition coefficient (Wildman–Crippen LogP) is 2.20. The van der Waals surface area contributed by atoms with E-state index >= 15 is 0 Å². The Hall–Kier alpha value is -0.740. The van der Waals surface area contributed by atoms with Crippen molar-refractivity contribution in [3.8, 4) is 0 Å². The van der Waals surface area contributed by atoms with Crippen molar-refractivity contribution in [2.45, 2.75) is 32.4 Å². The number of rotatable bonds is 3. The van der Waals surface area contributed by atoms with Crippen molar-refractivity contribution in [3.05, 3.63) is 0 Å². The van der Waals surface area contributed by atoms with Crippen LogP contribution in [0, 0.1) is 5.92 Å². The summed E-state index contributed by atoms with van der Waals surface area (Å²) in [5, 5.41) is 0. The fourth-order valence-electron chi connectivity index (χ4n) is 1.48. The highest BCUT2D eigenvalue weighted by atomic mass is 19.4. The maximum absolute atomic E-state index is 12.0. The van der Waals surface area contributed by atoms with Crippen LogP contribution in [0.4, 0.5) is 13.2 Å². The molecule has 0 unspecified atom stereocenters. The lowest BCUT2D eigenvalue weighted by molar-refractivity contribution is -0.164. The van der Waals surface area contributed by atoms with Gasteiger partial charge >= 0.3 is 6.18 Å². The van der Waals surface area contributed by atoms with E-state index in [1.807, 2.05) is 0 Å². The van der Waals surface area contributed by atoms with Crippen molar-refractivity contribution >= 4 is 5.91 Å². The minimum atomic E-state index is -4.28. The number of carbonyl (C=O) groups excluding carboxylic acids is 1. The van der Waals surface area contributed by atoms with E-state index in [1.165, 1.54) is 0 Å². The molecule has 0 atom stereocenters. The predicted molar refractivity (Wildman–Crippen MR) is 45.7 cm³/mol. The van der Waals surface area contributed by atoms with Crippen molar-refractivity contribution in [2.24, 2.45) is 5.92 Å². The van der Waals surface area contributed by atoms with Gasteiger partial charge in [0.1, 0.15) is 6.54 Å². The lowest BCUT2D eigenvalue weighted by Crippen LogP contribution is -2.43. The van der Waals surface area contributed by atoms with Crippen LogP contribution in [-0.2, 0) is 4.79 Å². The molecule has 1 saturated carbocycles. The molecular weight excluding hydrogens is 195 g/mol. The van der Waals surface area contributed by atoms with Gasteiger partial charge in [0, 0.05) is 12.5 Å². The van der Waals surface area contributed by atoms with E-state index < -0.39 is 12.7 Å². The zero-order chi connectivity index (χ0) is 10.8. The zero-order valence-corrected chi connectivity index (χ0v) is 8.10. The summed E-state index contributed by atoms with van der Waals surface area (Å²) in [5.41, 5.74) is 0. The molecular formula is C9H14F3NO. The number of hydrogen-bond acceptors (Lipinski definition) is 1. The molecule has 0 aliphatic heterocycles. The first-order chi connectivity index (χ1) is 6.44. The van der Waals surface area contributed by atoms with Gasteiger partial charge in [0.25, 0.3) is 0 Å². The molecule has 2 nitrogen and oxygen atoms in total. The Bertz CT molecular complexity index is 211. The van der Waals surface area contributed by atoms with Crippen molar-refractivity contribution in [1.29, 1.82) is 0 Å². The van der Waals surface area contributed by atoms with Crippen LogP contribution in [0.2, 0.25) is 0 Å². The number of halogens is 3. The van der Waals surface area contributed by atoms with Gasteiger partial charge in [0.05, 0.1) is 0 Å². The van der Waals surface area contributed by atoms with Crippen molar-refractivity contribution in [3.63, 3.8) is 0 Å². The Morgan fingerprint density at radius 1 is 1.43 bits per heavy atom. The second kappa shape index (κ2) is 4.19. The summed E-state index contributed by atoms with van der Waals surface area (Å²) in [7, 11) is 0. The van der Waals surface area contributed by atoms with Crippen LogP contribution >= 0.6 is 0 Å². The fourth-order valence-corrected chi connectivity index (χ4v) is 1.48. The molecule has 1 aliphatic carbocycles. The summed E-state index contributed by atoms with van der Waals surface area (Å²) >= 11 is 0. The van der Waals surface area contributed by atoms with Crippen molar-refractivity contribution in [2.75, 3.05) is 13.1 Å². The summed E-state index contributed by atoms with van der Waals surface area (Å²) in [6.45, 7) is 0.593. The first kappa shape index (κ1) is 11.3. The minimum absolute atomic E-state index is 0.134. The lowest BCUT2D eigenvalue weighted by Gasteiger charge is -2.31. The molecule has 14 heavy (non-hydrogen) atoms. The van der Waals surface area contributed by atoms with E-state index in [9.17, 15) is 18.0 Å². The van der Waals surface area contributed by atoms with Gasteiger partial charge in [-0.2, -0.15) is 13.2 Å². The van der Waals surface area contributed by atoms with Crippen molar-refractivity contribution < 1.29 is 18.0 Å². The Morgan fingerprint density at radius 3 is 2.29 bits per heavy atom. The topological polar surface area (TPSA) is 20.3 Å². The second-order valence-electron chi connectivity index (χ2n) is 3.60. The van der Waals surface area contributed by atoms with Crippen LogP contribution in [0.3, 0.4) is 0 Å². The van der Waals surface area contributed by atoms with Crippen LogP contribution in [0.25, 0.3) is 0 Å². The summed E-state index contributed by atoms with van der Waals surface area (Å²) in [6, 6.07) is 0. The van der Waals surface area contributed by atoms with Gasteiger partial charge in [0.15, 0.2) is 0 Å². The molecule has 0 bridgehead atoms. The van der Waals surface area contributed by atoms with E-state index in [1.54, 1.807) is 6.92 Å². The van der Waals surface area contributed by atoms with E-state index in [-0.39, 0.29) is 18.4 Å². The van der Waals surface area contributed by atoms with Crippen LogP contribution in [0.1, 0.15) is 26.2 Å². The van der Waals surface area contributed by atoms with Gasteiger partial charge in [-0.05, 0) is 19.8 Å². The fraction of sp³-hybridized carbons (Fsp3) is 0.889. The Kier molecular flexibility index (Phi) is 3.39. The van der Waals surface area contributed by atoms with Crippen LogP contribution < -0.4 is 0 Å². The average molecular weight is 209 g/mol. The highest BCUT2D eigenvalue weighted by Gasteiger charge is 2.36. The molecule has 0 spiro atoms. The molecule has 0 aromatic heterocycles. The molecule has 0 heterocycles. The first-order valence-corrected chi connectivity index (χ1v) is 4.79. The number of carbonyl (C=O) groups is 1. The maximum Gasteiger partial charge on any atom is 0.406 e. The highest BCUT2D eigenvalue weighted by Crippen LogP contribution is 2.29. The molecule has 1 amide bonds. The first-order valence-electron chi connectivity index (χ1n) is 4.79. The molecule has 0 aromatic rings. The third-order valence-corrected chi connectivity index (χ3v) is 2.52. The van der Waals surface area contributed by atoms with E-state index in [4.69, 9.17) is 0 Å². The lowest BCUT2D eigenvalue weighted by atomic mass is 9.84. The van der Waals surface area contributed by atoms with Crippen LogP contribution in [0.5, 0.6) is 0 Å². The Morgan fingerprint density at radius 2 is 2.00 bits per heavy atom. The maximum atomic E-state index is 12.0. The van der Waals surface area contributed by atoms with Gasteiger partial charge in [-0.1, -0.05) is 6.42 Å². The van der Waals surface area contributed by atoms with E-state index in [2.05, 4.69) is 0 Å². The molecule has 0 aromatic carbocycles. The van der Waals surface area contributed by atoms with E-state index in [0.29, 0.717) is 0 Å². The molecule has 1 fully saturated rings. The molecule has 1 rings (SSSR count). The Balaban J connectivity index is 2.48. The third-order valence-electron chi connectivity index (χ3n) is 2.52. The standard InChI is InChI=1S/C9H14F3NO/c1-2-13(6-9(10,11)12)8(14)7-4-3-5-7/h7H,2-6H2,1H3. The van der Waals surface area contributed by atoms with Gasteiger partial charge in [-0.3, -0.25) is 4.79 Å². The molecule has 0 saturated heterocycles. The summed E-state index contributed by atoms with van der Waals surface area (Å²) in [4.78, 5) is 12.4. The summed E-state index contributed by atoms with van der Waals surface area (Å²) in [6.07, 6.45) is -1.84. The van der Waals surface area contributed by atoms with Gasteiger partial charge in [0.2, 0.25) is 5.91 Å². The molecule has 0 N–H and O–H groups in total. The van der Waals surface area contributed by atoms with Gasteiger partial charge < -0.3 is 4.90 Å². The zero-order valence-electron chi connectivity index (χ0n) is 8.10. The number of alkyl halides is 3. The molecule has 82 valence electrons. The van der Waals surface area contributed by atoms with Crippen LogP contribution in [0.15, 0.2) is 0 Å². The number of nitrogens with zero attached hydrogens (tertiary/aromatic N) is 1. The minimum Gasteiger partial charge on any atom is -0.334 e. The Labute approximate surface area is 81.1 Å². The SMILES string of the molecule is CCN(CC(F)(F)F)C(=O)C1CCC1. The molecule has 5 heteroatoms. The highest BCUT2D eigenvalue weighted by molar-refractivity contribution is 5.79. The smallest absolute Gasteiger partial charge is 0.334 e. The molecule has 0 radical (unpaired) electrons. The second-order valence-corrected chi connectivity index (χ2v) is 3.60. The van der Waals surface area contributed by atoms with Gasteiger partial charge in [-0.15, -0.1) is 0 Å². The number of hydrogen-bond donors (Lipinski definition) is 0. The largest absolute Gasteiger partial charge is 0.406 e. The van der Waals surface area contributed by atoms with Gasteiger partial charge in [-0.25, -0.2) is 0 Å². The monoisotopic (exact) mass is 209 g/mol. The molecule has 1 aliphatic rings. The summed E-state index contributed by atoms with van der Waals surface area (Å²) < 4.78 is 36.1. The summed E-state index contributed by atoms with van der Waals surface area (Å²) in [5.74, 6) is -0.492. The van der Waals surface area contributed by atoms with Crippen molar-refractivity contribution in [1.82, 2.24) is 4.90 Å². The normalized spacial score (nSPS) is 17.7. The average Bonchev–Trinajstić information content (AvgIpc) is 1.94. The van der Waals surface area contributed by atoms with E-state index in [0.717, 1.165) is 24.2 Å². The number of amides is 1. The third kappa shape index (κ3) is 2.89.